The van der Waals surface area contributed by atoms with Gasteiger partial charge in [0.1, 0.15) is 0 Å². The van der Waals surface area contributed by atoms with E-state index in [1.807, 2.05) is 13.0 Å². The monoisotopic (exact) mass is 173 g/mol. The SMILES string of the molecule is CC[C@H](C)/C(Cl)=C\C(C)=C/N. The van der Waals surface area contributed by atoms with Crippen LogP contribution in [0.4, 0.5) is 0 Å². The Hall–Kier alpha value is -0.430. The predicted molar refractivity (Wildman–Crippen MR) is 51.3 cm³/mol. The number of rotatable bonds is 3. The lowest BCUT2D eigenvalue weighted by Gasteiger charge is -2.05. The van der Waals surface area contributed by atoms with Crippen molar-refractivity contribution in [2.75, 3.05) is 0 Å². The van der Waals surface area contributed by atoms with E-state index in [1.165, 1.54) is 0 Å². The summed E-state index contributed by atoms with van der Waals surface area (Å²) in [5.41, 5.74) is 6.31. The summed E-state index contributed by atoms with van der Waals surface area (Å²) in [4.78, 5) is 0. The topological polar surface area (TPSA) is 26.0 Å². The Morgan fingerprint density at radius 3 is 2.55 bits per heavy atom. The van der Waals surface area contributed by atoms with Crippen molar-refractivity contribution in [1.29, 1.82) is 0 Å². The first-order chi connectivity index (χ1) is 5.11. The quantitative estimate of drug-likeness (QED) is 0.653. The normalized spacial score (nSPS) is 16.7. The molecule has 0 aromatic rings. The van der Waals surface area contributed by atoms with Crippen LogP contribution < -0.4 is 5.73 Å². The lowest BCUT2D eigenvalue weighted by Crippen LogP contribution is -1.92. The molecule has 1 atom stereocenters. The van der Waals surface area contributed by atoms with E-state index in [-0.39, 0.29) is 0 Å². The van der Waals surface area contributed by atoms with Crippen LogP contribution in [0, 0.1) is 5.92 Å². The van der Waals surface area contributed by atoms with Gasteiger partial charge < -0.3 is 5.73 Å². The third-order valence-electron chi connectivity index (χ3n) is 1.71. The van der Waals surface area contributed by atoms with E-state index >= 15 is 0 Å². The maximum atomic E-state index is 5.97. The van der Waals surface area contributed by atoms with Gasteiger partial charge >= 0.3 is 0 Å². The molecule has 0 bridgehead atoms. The van der Waals surface area contributed by atoms with Crippen molar-refractivity contribution in [2.24, 2.45) is 11.7 Å². The second-order valence-corrected chi connectivity index (χ2v) is 3.19. The highest BCUT2D eigenvalue weighted by Crippen LogP contribution is 2.19. The summed E-state index contributed by atoms with van der Waals surface area (Å²) in [5, 5.41) is 0.881. The van der Waals surface area contributed by atoms with Gasteiger partial charge in [0, 0.05) is 5.03 Å². The minimum absolute atomic E-state index is 0.437. The summed E-state index contributed by atoms with van der Waals surface area (Å²) >= 11 is 5.97. The van der Waals surface area contributed by atoms with Gasteiger partial charge in [0.2, 0.25) is 0 Å². The first kappa shape index (κ1) is 10.6. The van der Waals surface area contributed by atoms with Gasteiger partial charge in [-0.2, -0.15) is 0 Å². The molecule has 0 heterocycles. The minimum atomic E-state index is 0.437. The largest absolute Gasteiger partial charge is 0.404 e. The smallest absolute Gasteiger partial charge is 0.0212 e. The Morgan fingerprint density at radius 2 is 2.18 bits per heavy atom. The Labute approximate surface area is 73.9 Å². The molecule has 11 heavy (non-hydrogen) atoms. The summed E-state index contributed by atoms with van der Waals surface area (Å²) < 4.78 is 0. The average molecular weight is 174 g/mol. The molecule has 0 saturated carbocycles. The molecule has 0 rings (SSSR count). The summed E-state index contributed by atoms with van der Waals surface area (Å²) in [6.07, 6.45) is 4.54. The second kappa shape index (κ2) is 5.25. The predicted octanol–water partition coefficient (Wildman–Crippen LogP) is 3.02. The fraction of sp³-hybridized carbons (Fsp3) is 0.556. The van der Waals surface area contributed by atoms with Gasteiger partial charge in [-0.3, -0.25) is 0 Å². The van der Waals surface area contributed by atoms with E-state index in [2.05, 4.69) is 13.8 Å². The Morgan fingerprint density at radius 1 is 1.64 bits per heavy atom. The average Bonchev–Trinajstić information content (AvgIpc) is 2.02. The molecule has 0 radical (unpaired) electrons. The van der Waals surface area contributed by atoms with Crippen molar-refractivity contribution in [3.63, 3.8) is 0 Å². The minimum Gasteiger partial charge on any atom is -0.404 e. The van der Waals surface area contributed by atoms with E-state index in [9.17, 15) is 0 Å². The highest BCUT2D eigenvalue weighted by atomic mass is 35.5. The third-order valence-corrected chi connectivity index (χ3v) is 2.19. The number of nitrogens with two attached hydrogens (primary N) is 1. The van der Waals surface area contributed by atoms with Gasteiger partial charge in [-0.1, -0.05) is 25.4 Å². The van der Waals surface area contributed by atoms with Crippen LogP contribution in [0.3, 0.4) is 0 Å². The molecule has 0 fully saturated rings. The summed E-state index contributed by atoms with van der Waals surface area (Å²) in [5.74, 6) is 0.437. The van der Waals surface area contributed by atoms with Gasteiger partial charge in [-0.05, 0) is 37.1 Å². The maximum absolute atomic E-state index is 5.97. The lowest BCUT2D eigenvalue weighted by atomic mass is 10.1. The molecule has 0 amide bonds. The Balaban J connectivity index is 4.21. The van der Waals surface area contributed by atoms with E-state index < -0.39 is 0 Å². The summed E-state index contributed by atoms with van der Waals surface area (Å²) in [6.45, 7) is 6.15. The molecule has 0 aromatic carbocycles. The van der Waals surface area contributed by atoms with Crippen LogP contribution in [-0.2, 0) is 0 Å². The van der Waals surface area contributed by atoms with E-state index in [1.54, 1.807) is 6.20 Å². The van der Waals surface area contributed by atoms with Crippen molar-refractivity contribution in [2.45, 2.75) is 27.2 Å². The van der Waals surface area contributed by atoms with Gasteiger partial charge in [0.25, 0.3) is 0 Å². The van der Waals surface area contributed by atoms with Crippen LogP contribution in [0.2, 0.25) is 0 Å². The van der Waals surface area contributed by atoms with Crippen LogP contribution in [0.1, 0.15) is 27.2 Å². The van der Waals surface area contributed by atoms with Gasteiger partial charge in [-0.25, -0.2) is 0 Å². The first-order valence-corrected chi connectivity index (χ1v) is 4.25. The Bertz CT molecular complexity index is 170. The van der Waals surface area contributed by atoms with Crippen LogP contribution in [0.5, 0.6) is 0 Å². The lowest BCUT2D eigenvalue weighted by molar-refractivity contribution is 0.684. The maximum Gasteiger partial charge on any atom is 0.0212 e. The zero-order chi connectivity index (χ0) is 8.85. The molecule has 0 aliphatic heterocycles. The molecular weight excluding hydrogens is 158 g/mol. The molecule has 2 N–H and O–H groups in total. The van der Waals surface area contributed by atoms with Crippen LogP contribution >= 0.6 is 11.6 Å². The molecule has 1 nitrogen and oxygen atoms in total. The van der Waals surface area contributed by atoms with Gasteiger partial charge in [0.05, 0.1) is 0 Å². The molecule has 0 spiro atoms. The Kier molecular flexibility index (Phi) is 5.05. The molecule has 0 aliphatic carbocycles. The molecule has 2 heteroatoms. The van der Waals surface area contributed by atoms with Crippen molar-refractivity contribution in [1.82, 2.24) is 0 Å². The standard InChI is InChI=1S/C9H16ClN/c1-4-8(3)9(10)5-7(2)6-11/h5-6,8H,4,11H2,1-3H3/b7-6-,9-5+/t8-/m0/s1. The second-order valence-electron chi connectivity index (χ2n) is 2.75. The molecule has 0 aromatic heterocycles. The van der Waals surface area contributed by atoms with Crippen LogP contribution in [0.15, 0.2) is 22.9 Å². The molecule has 0 saturated heterocycles. The summed E-state index contributed by atoms with van der Waals surface area (Å²) in [7, 11) is 0. The zero-order valence-electron chi connectivity index (χ0n) is 7.39. The van der Waals surface area contributed by atoms with E-state index in [4.69, 9.17) is 17.3 Å². The molecular formula is C9H16ClN. The number of hydrogen-bond donors (Lipinski definition) is 1. The van der Waals surface area contributed by atoms with Gasteiger partial charge in [0.15, 0.2) is 0 Å². The van der Waals surface area contributed by atoms with E-state index in [0.717, 1.165) is 17.0 Å². The fourth-order valence-electron chi connectivity index (χ4n) is 0.603. The van der Waals surface area contributed by atoms with Crippen LogP contribution in [-0.4, -0.2) is 0 Å². The number of hydrogen-bond acceptors (Lipinski definition) is 1. The molecule has 0 aliphatic rings. The molecule has 0 unspecified atom stereocenters. The summed E-state index contributed by atoms with van der Waals surface area (Å²) in [6, 6.07) is 0. The number of allylic oxidation sites excluding steroid dienone is 3. The fourth-order valence-corrected chi connectivity index (χ4v) is 0.929. The van der Waals surface area contributed by atoms with Crippen LogP contribution in [0.25, 0.3) is 0 Å². The van der Waals surface area contributed by atoms with Crippen molar-refractivity contribution in [3.05, 3.63) is 22.9 Å². The van der Waals surface area contributed by atoms with Gasteiger partial charge in [-0.15, -0.1) is 0 Å². The van der Waals surface area contributed by atoms with Crippen molar-refractivity contribution >= 4 is 11.6 Å². The molecule has 64 valence electrons. The van der Waals surface area contributed by atoms with Crippen molar-refractivity contribution in [3.8, 4) is 0 Å². The highest BCUT2D eigenvalue weighted by molar-refractivity contribution is 6.30. The third kappa shape index (κ3) is 4.10. The van der Waals surface area contributed by atoms with Crippen molar-refractivity contribution < 1.29 is 0 Å². The zero-order valence-corrected chi connectivity index (χ0v) is 8.15. The highest BCUT2D eigenvalue weighted by Gasteiger charge is 2.01. The first-order valence-electron chi connectivity index (χ1n) is 3.87. The van der Waals surface area contributed by atoms with E-state index in [0.29, 0.717) is 5.92 Å². The number of halogens is 1.